The molecule has 1 fully saturated rings. The second-order valence-electron chi connectivity index (χ2n) is 7.21. The standard InChI is InChI=1S/C21H28Cl2O5/c1-27-12-14-8-15(22)10-16(9-14)28-13-18-17(19(23)11-20(18)24)6-4-2-3-5-7-21(25)26/h5,7-10,17-20,24H,2-4,6,11-13H2,1H3,(H,25,26)/t17-,18-,19-,20-/m1/s1. The number of aliphatic hydroxyl groups is 1. The van der Waals surface area contributed by atoms with E-state index in [1.807, 2.05) is 12.1 Å². The Bertz CT molecular complexity index is 664. The number of alkyl halides is 1. The molecule has 1 aromatic rings. The highest BCUT2D eigenvalue weighted by molar-refractivity contribution is 6.30. The number of hydrogen-bond donors (Lipinski definition) is 2. The predicted molar refractivity (Wildman–Crippen MR) is 110 cm³/mol. The Morgan fingerprint density at radius 2 is 2.07 bits per heavy atom. The average Bonchev–Trinajstić information content (AvgIpc) is 2.88. The van der Waals surface area contributed by atoms with Gasteiger partial charge in [0.1, 0.15) is 5.75 Å². The van der Waals surface area contributed by atoms with Gasteiger partial charge in [0.15, 0.2) is 0 Å². The van der Waals surface area contributed by atoms with Crippen LogP contribution in [0.25, 0.3) is 0 Å². The fraction of sp³-hybridized carbons (Fsp3) is 0.571. The number of methoxy groups -OCH3 is 1. The minimum absolute atomic E-state index is 0.0399. The van der Waals surface area contributed by atoms with Crippen LogP contribution in [0.1, 0.15) is 37.7 Å². The first-order valence-electron chi connectivity index (χ1n) is 9.53. The molecule has 0 saturated heterocycles. The molecular weight excluding hydrogens is 403 g/mol. The normalized spacial score (nSPS) is 24.7. The van der Waals surface area contributed by atoms with E-state index in [0.717, 1.165) is 31.2 Å². The molecule has 5 nitrogen and oxygen atoms in total. The van der Waals surface area contributed by atoms with Crippen molar-refractivity contribution in [3.05, 3.63) is 40.9 Å². The van der Waals surface area contributed by atoms with Gasteiger partial charge in [-0.15, -0.1) is 11.6 Å². The maximum atomic E-state index is 10.5. The highest BCUT2D eigenvalue weighted by atomic mass is 35.5. The molecule has 1 aromatic carbocycles. The first-order chi connectivity index (χ1) is 13.4. The Labute approximate surface area is 176 Å². The smallest absolute Gasteiger partial charge is 0.327 e. The molecule has 0 spiro atoms. The minimum Gasteiger partial charge on any atom is -0.493 e. The Kier molecular flexibility index (Phi) is 9.59. The largest absolute Gasteiger partial charge is 0.493 e. The second kappa shape index (κ2) is 11.7. The molecule has 0 unspecified atom stereocenters. The third-order valence-corrected chi connectivity index (χ3v) is 5.80. The number of aliphatic carboxylic acids is 1. The van der Waals surface area contributed by atoms with Gasteiger partial charge in [0.25, 0.3) is 0 Å². The fourth-order valence-electron chi connectivity index (χ4n) is 3.74. The molecule has 1 saturated carbocycles. The molecule has 7 heteroatoms. The van der Waals surface area contributed by atoms with E-state index in [-0.39, 0.29) is 17.2 Å². The molecule has 0 aliphatic heterocycles. The van der Waals surface area contributed by atoms with Crippen molar-refractivity contribution in [1.29, 1.82) is 0 Å². The quantitative estimate of drug-likeness (QED) is 0.303. The Hall–Kier alpha value is -1.27. The van der Waals surface area contributed by atoms with E-state index in [0.29, 0.717) is 30.4 Å². The van der Waals surface area contributed by atoms with Crippen LogP contribution < -0.4 is 4.74 Å². The molecule has 2 rings (SSSR count). The van der Waals surface area contributed by atoms with Crippen molar-refractivity contribution in [2.75, 3.05) is 13.7 Å². The van der Waals surface area contributed by atoms with E-state index in [2.05, 4.69) is 0 Å². The van der Waals surface area contributed by atoms with Crippen molar-refractivity contribution in [2.45, 2.75) is 50.2 Å². The van der Waals surface area contributed by atoms with Crippen LogP contribution in [0.2, 0.25) is 5.02 Å². The van der Waals surface area contributed by atoms with Crippen molar-refractivity contribution in [2.24, 2.45) is 11.8 Å². The molecule has 0 radical (unpaired) electrons. The van der Waals surface area contributed by atoms with Gasteiger partial charge < -0.3 is 19.7 Å². The van der Waals surface area contributed by atoms with Gasteiger partial charge in [-0.2, -0.15) is 0 Å². The number of allylic oxidation sites excluding steroid dienone is 1. The average molecular weight is 431 g/mol. The molecule has 0 heterocycles. The molecule has 0 amide bonds. The Morgan fingerprint density at radius 3 is 2.79 bits per heavy atom. The number of carbonyl (C=O) groups is 1. The zero-order valence-electron chi connectivity index (χ0n) is 16.0. The van der Waals surface area contributed by atoms with Crippen molar-refractivity contribution in [3.8, 4) is 5.75 Å². The minimum atomic E-state index is -0.924. The van der Waals surface area contributed by atoms with E-state index in [1.54, 1.807) is 19.3 Å². The number of halogens is 2. The number of benzene rings is 1. The highest BCUT2D eigenvalue weighted by Crippen LogP contribution is 2.39. The third kappa shape index (κ3) is 7.28. The summed E-state index contributed by atoms with van der Waals surface area (Å²) < 4.78 is 11.1. The molecule has 4 atom stereocenters. The summed E-state index contributed by atoms with van der Waals surface area (Å²) in [5.41, 5.74) is 0.929. The number of rotatable bonds is 11. The van der Waals surface area contributed by atoms with Gasteiger partial charge in [-0.25, -0.2) is 4.79 Å². The van der Waals surface area contributed by atoms with Crippen LogP contribution in [0, 0.1) is 11.8 Å². The summed E-state index contributed by atoms with van der Waals surface area (Å²) in [6.45, 7) is 0.826. The summed E-state index contributed by atoms with van der Waals surface area (Å²) in [6.07, 6.45) is 6.33. The molecule has 0 bridgehead atoms. The van der Waals surface area contributed by atoms with Crippen molar-refractivity contribution >= 4 is 29.2 Å². The van der Waals surface area contributed by atoms with Crippen LogP contribution in [0.4, 0.5) is 0 Å². The maximum absolute atomic E-state index is 10.5. The predicted octanol–water partition coefficient (Wildman–Crippen LogP) is 4.67. The van der Waals surface area contributed by atoms with Crippen molar-refractivity contribution in [3.63, 3.8) is 0 Å². The fourth-order valence-corrected chi connectivity index (χ4v) is 4.48. The van der Waals surface area contributed by atoms with E-state index in [4.69, 9.17) is 37.8 Å². The SMILES string of the molecule is COCc1cc(Cl)cc(OC[C@@H]2[C@@H](CCCCC=CC(=O)O)[C@H](Cl)C[C@H]2O)c1. The van der Waals surface area contributed by atoms with Gasteiger partial charge in [0.05, 0.1) is 19.3 Å². The lowest BCUT2D eigenvalue weighted by Gasteiger charge is -2.24. The molecule has 2 N–H and O–H groups in total. The zero-order chi connectivity index (χ0) is 20.5. The number of carboxylic acid groups (broad SMARTS) is 1. The van der Waals surface area contributed by atoms with Crippen molar-refractivity contribution < 1.29 is 24.5 Å². The number of hydrogen-bond acceptors (Lipinski definition) is 4. The topological polar surface area (TPSA) is 76.0 Å². The number of ether oxygens (including phenoxy) is 2. The Balaban J connectivity index is 1.88. The van der Waals surface area contributed by atoms with Crippen LogP contribution in [-0.4, -0.2) is 41.4 Å². The number of unbranched alkanes of at least 4 members (excludes halogenated alkanes) is 2. The Morgan fingerprint density at radius 1 is 1.29 bits per heavy atom. The summed E-state index contributed by atoms with van der Waals surface area (Å²) in [7, 11) is 1.62. The maximum Gasteiger partial charge on any atom is 0.327 e. The molecular formula is C21H28Cl2O5. The number of carboxylic acids is 1. The summed E-state index contributed by atoms with van der Waals surface area (Å²) in [4.78, 5) is 10.5. The second-order valence-corrected chi connectivity index (χ2v) is 8.21. The van der Waals surface area contributed by atoms with Gasteiger partial charge in [-0.1, -0.05) is 24.1 Å². The van der Waals surface area contributed by atoms with Gasteiger partial charge in [0.2, 0.25) is 0 Å². The van der Waals surface area contributed by atoms with Crippen molar-refractivity contribution in [1.82, 2.24) is 0 Å². The first-order valence-corrected chi connectivity index (χ1v) is 10.3. The molecule has 28 heavy (non-hydrogen) atoms. The lowest BCUT2D eigenvalue weighted by atomic mass is 9.90. The zero-order valence-corrected chi connectivity index (χ0v) is 17.5. The molecule has 156 valence electrons. The lowest BCUT2D eigenvalue weighted by molar-refractivity contribution is -0.131. The summed E-state index contributed by atoms with van der Waals surface area (Å²) in [6, 6.07) is 5.47. The van der Waals surface area contributed by atoms with Crippen LogP contribution in [0.15, 0.2) is 30.4 Å². The van der Waals surface area contributed by atoms with E-state index < -0.39 is 12.1 Å². The lowest BCUT2D eigenvalue weighted by Crippen LogP contribution is -2.27. The van der Waals surface area contributed by atoms with Gasteiger partial charge in [-0.3, -0.25) is 0 Å². The first kappa shape index (κ1) is 23.0. The van der Waals surface area contributed by atoms with Gasteiger partial charge >= 0.3 is 5.97 Å². The van der Waals surface area contributed by atoms with Crippen LogP contribution in [0.5, 0.6) is 5.75 Å². The molecule has 1 aliphatic rings. The summed E-state index contributed by atoms with van der Waals surface area (Å²) in [5.74, 6) is -0.145. The van der Waals surface area contributed by atoms with E-state index >= 15 is 0 Å². The van der Waals surface area contributed by atoms with Crippen LogP contribution >= 0.6 is 23.2 Å². The molecule has 0 aromatic heterocycles. The highest BCUT2D eigenvalue weighted by Gasteiger charge is 2.41. The van der Waals surface area contributed by atoms with E-state index in [1.165, 1.54) is 6.08 Å². The summed E-state index contributed by atoms with van der Waals surface area (Å²) >= 11 is 12.6. The third-order valence-electron chi connectivity index (χ3n) is 5.08. The van der Waals surface area contributed by atoms with Gasteiger partial charge in [0, 0.05) is 29.5 Å². The molecule has 1 aliphatic carbocycles. The van der Waals surface area contributed by atoms with Crippen LogP contribution in [0.3, 0.4) is 0 Å². The number of aliphatic hydroxyl groups excluding tert-OH is 1. The summed E-state index contributed by atoms with van der Waals surface area (Å²) in [5, 5.41) is 19.5. The van der Waals surface area contributed by atoms with E-state index in [9.17, 15) is 9.90 Å². The van der Waals surface area contributed by atoms with Crippen LogP contribution in [-0.2, 0) is 16.1 Å². The van der Waals surface area contributed by atoms with Gasteiger partial charge in [-0.05, 0) is 55.4 Å². The monoisotopic (exact) mass is 430 g/mol.